The van der Waals surface area contributed by atoms with E-state index < -0.39 is 17.7 Å². The number of carboxylic acid groups (broad SMARTS) is 1. The summed E-state index contributed by atoms with van der Waals surface area (Å²) in [6.07, 6.45) is 1.54. The smallest absolute Gasteiger partial charge is 0.307 e. The molecule has 2 aliphatic rings. The van der Waals surface area contributed by atoms with Crippen LogP contribution in [0.3, 0.4) is 0 Å². The van der Waals surface area contributed by atoms with Crippen LogP contribution in [0, 0.1) is 25.6 Å². The van der Waals surface area contributed by atoms with Gasteiger partial charge in [-0.3, -0.25) is 9.59 Å². The normalized spacial score (nSPS) is 19.9. The van der Waals surface area contributed by atoms with Gasteiger partial charge in [0, 0.05) is 17.7 Å². The molecule has 3 aromatic carbocycles. The monoisotopic (exact) mass is 531 g/mol. The first-order valence-electron chi connectivity index (χ1n) is 13.4. The average molecular weight is 532 g/mol. The fourth-order valence-electron chi connectivity index (χ4n) is 5.74. The minimum atomic E-state index is -1.00. The molecule has 1 fully saturated rings. The number of nitrogens with one attached hydrogen (secondary N) is 1. The van der Waals surface area contributed by atoms with Gasteiger partial charge in [0.25, 0.3) is 5.91 Å². The third-order valence-corrected chi connectivity index (χ3v) is 7.72. The Morgan fingerprint density at radius 2 is 1.74 bits per heavy atom. The van der Waals surface area contributed by atoms with Gasteiger partial charge in [0.15, 0.2) is 0 Å². The van der Waals surface area contributed by atoms with Crippen molar-refractivity contribution in [2.45, 2.75) is 64.6 Å². The number of amides is 1. The summed E-state index contributed by atoms with van der Waals surface area (Å²) in [5, 5.41) is 21.9. The van der Waals surface area contributed by atoms with Gasteiger partial charge in [0.05, 0.1) is 11.5 Å². The second kappa shape index (κ2) is 10.1. The predicted octanol–water partition coefficient (Wildman–Crippen LogP) is 5.86. The molecule has 3 aromatic rings. The molecule has 1 amide bonds. The van der Waals surface area contributed by atoms with Crippen LogP contribution in [0.1, 0.15) is 76.9 Å². The number of hydrogen-bond donors (Lipinski definition) is 3. The standard InChI is InChI=1S/C32H34FNO5/c1-17-13-20(30(35)34-16-32(3,4)38)14-18(2)28(17)22-9-11-26(33)29-23(22)10-12-27(29)39-21-7-5-19(6-8-21)24-15-25(24)31(36)37/h5-9,11,13-14,24-25,27,38H,10,12,15-16H2,1-4H3,(H,34,35)(H,36,37)/t24-,25+,27-/m1/s1. The second-order valence-corrected chi connectivity index (χ2v) is 11.5. The summed E-state index contributed by atoms with van der Waals surface area (Å²) in [4.78, 5) is 23.9. The molecule has 7 heteroatoms. The maximum Gasteiger partial charge on any atom is 0.307 e. The number of aliphatic carboxylic acids is 1. The van der Waals surface area contributed by atoms with Crippen molar-refractivity contribution in [3.05, 3.63) is 87.7 Å². The zero-order chi connectivity index (χ0) is 28.1. The molecule has 0 heterocycles. The maximum absolute atomic E-state index is 15.2. The molecule has 0 saturated heterocycles. The largest absolute Gasteiger partial charge is 0.486 e. The molecule has 0 bridgehead atoms. The van der Waals surface area contributed by atoms with E-state index in [1.54, 1.807) is 13.8 Å². The first-order valence-corrected chi connectivity index (χ1v) is 13.4. The van der Waals surface area contributed by atoms with Crippen molar-refractivity contribution in [3.63, 3.8) is 0 Å². The van der Waals surface area contributed by atoms with Crippen LogP contribution in [-0.2, 0) is 11.2 Å². The van der Waals surface area contributed by atoms with Crippen LogP contribution in [-0.4, -0.2) is 34.2 Å². The van der Waals surface area contributed by atoms with Crippen molar-refractivity contribution in [1.82, 2.24) is 5.32 Å². The van der Waals surface area contributed by atoms with Crippen molar-refractivity contribution in [2.24, 2.45) is 5.92 Å². The molecule has 0 unspecified atom stereocenters. The zero-order valence-corrected chi connectivity index (χ0v) is 22.7. The van der Waals surface area contributed by atoms with Gasteiger partial charge in [-0.2, -0.15) is 0 Å². The number of halogens is 1. The Morgan fingerprint density at radius 3 is 2.33 bits per heavy atom. The fraction of sp³-hybridized carbons (Fsp3) is 0.375. The Balaban J connectivity index is 1.38. The van der Waals surface area contributed by atoms with Gasteiger partial charge in [-0.25, -0.2) is 4.39 Å². The highest BCUT2D eigenvalue weighted by Gasteiger charge is 2.44. The molecule has 39 heavy (non-hydrogen) atoms. The highest BCUT2D eigenvalue weighted by molar-refractivity contribution is 5.96. The van der Waals surface area contributed by atoms with Gasteiger partial charge in [-0.05, 0) is 117 Å². The molecule has 204 valence electrons. The van der Waals surface area contributed by atoms with Crippen molar-refractivity contribution in [2.75, 3.05) is 6.54 Å². The van der Waals surface area contributed by atoms with Crippen LogP contribution in [0.4, 0.5) is 4.39 Å². The molecular formula is C32H34FNO5. The third kappa shape index (κ3) is 5.55. The van der Waals surface area contributed by atoms with Crippen LogP contribution in [0.2, 0.25) is 0 Å². The molecule has 6 nitrogen and oxygen atoms in total. The van der Waals surface area contributed by atoms with Gasteiger partial charge >= 0.3 is 5.97 Å². The van der Waals surface area contributed by atoms with Crippen LogP contribution in [0.5, 0.6) is 5.75 Å². The van der Waals surface area contributed by atoms with Crippen molar-refractivity contribution in [3.8, 4) is 16.9 Å². The SMILES string of the molecule is Cc1cc(C(=O)NCC(C)(C)O)cc(C)c1-c1ccc(F)c2c1CC[C@H]2Oc1ccc([C@H]2C[C@@H]2C(=O)O)cc1. The van der Waals surface area contributed by atoms with Crippen LogP contribution >= 0.6 is 0 Å². The Labute approximate surface area is 227 Å². The third-order valence-electron chi connectivity index (χ3n) is 7.72. The van der Waals surface area contributed by atoms with Crippen molar-refractivity contribution < 1.29 is 28.9 Å². The van der Waals surface area contributed by atoms with E-state index in [1.165, 1.54) is 6.07 Å². The molecule has 1 saturated carbocycles. The highest BCUT2D eigenvalue weighted by Crippen LogP contribution is 2.48. The molecule has 2 aliphatic carbocycles. The van der Waals surface area contributed by atoms with Gasteiger partial charge in [0.1, 0.15) is 17.7 Å². The van der Waals surface area contributed by atoms with E-state index in [4.69, 9.17) is 4.74 Å². The van der Waals surface area contributed by atoms with E-state index >= 15 is 4.39 Å². The number of ether oxygens (including phenoxy) is 1. The number of carbonyl (C=O) groups is 2. The predicted molar refractivity (Wildman–Crippen MR) is 147 cm³/mol. The van der Waals surface area contributed by atoms with E-state index in [0.29, 0.717) is 36.1 Å². The number of fused-ring (bicyclic) bond motifs is 1. The molecule has 3 atom stereocenters. The minimum Gasteiger partial charge on any atom is -0.486 e. The molecule has 0 aromatic heterocycles. The molecule has 0 radical (unpaired) electrons. The highest BCUT2D eigenvalue weighted by atomic mass is 19.1. The minimum absolute atomic E-state index is 0.0502. The van der Waals surface area contributed by atoms with E-state index in [0.717, 1.165) is 33.4 Å². The number of aliphatic hydroxyl groups is 1. The van der Waals surface area contributed by atoms with E-state index in [1.807, 2.05) is 56.3 Å². The summed E-state index contributed by atoms with van der Waals surface area (Å²) in [7, 11) is 0. The number of rotatable bonds is 8. The van der Waals surface area contributed by atoms with Crippen molar-refractivity contribution in [1.29, 1.82) is 0 Å². The average Bonchev–Trinajstić information content (AvgIpc) is 3.57. The lowest BCUT2D eigenvalue weighted by atomic mass is 9.89. The van der Waals surface area contributed by atoms with E-state index in [-0.39, 0.29) is 30.1 Å². The Hall–Kier alpha value is -3.71. The van der Waals surface area contributed by atoms with E-state index in [9.17, 15) is 19.8 Å². The molecular weight excluding hydrogens is 497 g/mol. The number of carbonyl (C=O) groups excluding carboxylic acids is 1. The van der Waals surface area contributed by atoms with Crippen molar-refractivity contribution >= 4 is 11.9 Å². The van der Waals surface area contributed by atoms with Gasteiger partial charge in [-0.15, -0.1) is 0 Å². The Kier molecular flexibility index (Phi) is 6.97. The zero-order valence-electron chi connectivity index (χ0n) is 22.7. The topological polar surface area (TPSA) is 95.9 Å². The lowest BCUT2D eigenvalue weighted by Gasteiger charge is -2.20. The van der Waals surface area contributed by atoms with Crippen LogP contribution in [0.15, 0.2) is 48.5 Å². The summed E-state index contributed by atoms with van der Waals surface area (Å²) in [6, 6.07) is 14.4. The lowest BCUT2D eigenvalue weighted by molar-refractivity contribution is -0.138. The molecule has 0 aliphatic heterocycles. The lowest BCUT2D eigenvalue weighted by Crippen LogP contribution is -2.38. The summed E-state index contributed by atoms with van der Waals surface area (Å²) in [5.41, 5.74) is 5.73. The summed E-state index contributed by atoms with van der Waals surface area (Å²) in [5.74, 6) is -0.943. The van der Waals surface area contributed by atoms with E-state index in [2.05, 4.69) is 5.32 Å². The van der Waals surface area contributed by atoms with Crippen LogP contribution < -0.4 is 10.1 Å². The number of hydrogen-bond acceptors (Lipinski definition) is 4. The first kappa shape index (κ1) is 26.9. The van der Waals surface area contributed by atoms with Gasteiger partial charge in [-0.1, -0.05) is 18.2 Å². The Bertz CT molecular complexity index is 1420. The second-order valence-electron chi connectivity index (χ2n) is 11.5. The summed E-state index contributed by atoms with van der Waals surface area (Å²) in [6.45, 7) is 7.32. The number of aryl methyl sites for hydroxylation is 2. The van der Waals surface area contributed by atoms with Gasteiger partial charge < -0.3 is 20.3 Å². The molecule has 5 rings (SSSR count). The quantitative estimate of drug-likeness (QED) is 0.338. The maximum atomic E-state index is 15.2. The molecule has 0 spiro atoms. The van der Waals surface area contributed by atoms with Crippen LogP contribution in [0.25, 0.3) is 11.1 Å². The molecule has 3 N–H and O–H groups in total. The Morgan fingerprint density at radius 1 is 1.08 bits per heavy atom. The fourth-order valence-corrected chi connectivity index (χ4v) is 5.74. The number of carboxylic acids is 1. The summed E-state index contributed by atoms with van der Waals surface area (Å²) >= 11 is 0. The van der Waals surface area contributed by atoms with Gasteiger partial charge in [0.2, 0.25) is 0 Å². The first-order chi connectivity index (χ1) is 18.4. The number of benzene rings is 3. The summed E-state index contributed by atoms with van der Waals surface area (Å²) < 4.78 is 21.4.